The van der Waals surface area contributed by atoms with Gasteiger partial charge in [-0.25, -0.2) is 9.36 Å². The fourth-order valence-electron chi connectivity index (χ4n) is 3.34. The zero-order valence-electron chi connectivity index (χ0n) is 23.5. The van der Waals surface area contributed by atoms with E-state index in [-0.39, 0.29) is 19.8 Å². The molecule has 0 bridgehead atoms. The van der Waals surface area contributed by atoms with E-state index in [1.807, 2.05) is 26.0 Å². The molecule has 0 saturated heterocycles. The zero-order valence-corrected chi connectivity index (χ0v) is 24.4. The molecule has 0 heterocycles. The van der Waals surface area contributed by atoms with Crippen molar-refractivity contribution in [3.05, 3.63) is 0 Å². The number of hydrogen-bond acceptors (Lipinski definition) is 6. The van der Waals surface area contributed by atoms with E-state index < -0.39 is 13.9 Å². The first kappa shape index (κ1) is 36.5. The van der Waals surface area contributed by atoms with Crippen LogP contribution in [0.5, 0.6) is 0 Å². The second kappa shape index (κ2) is 27.9. The number of unbranched alkanes of at least 4 members (excludes halogenated alkanes) is 14. The highest BCUT2D eigenvalue weighted by atomic mass is 31.2. The number of nitrogens with zero attached hydrogens (tertiary/aromatic N) is 1. The van der Waals surface area contributed by atoms with Gasteiger partial charge in [-0.05, 0) is 34.5 Å². The molecule has 0 aromatic heterocycles. The lowest BCUT2D eigenvalue weighted by molar-refractivity contribution is 0.123. The van der Waals surface area contributed by atoms with Gasteiger partial charge in [0.15, 0.2) is 0 Å². The van der Waals surface area contributed by atoms with Crippen molar-refractivity contribution in [3.8, 4) is 0 Å². The van der Waals surface area contributed by atoms with Gasteiger partial charge in [-0.1, -0.05) is 96.8 Å². The van der Waals surface area contributed by atoms with Crippen LogP contribution in [-0.4, -0.2) is 63.4 Å². The Balaban J connectivity index is 0. The van der Waals surface area contributed by atoms with Crippen LogP contribution in [-0.2, 0) is 18.3 Å². The second-order valence-electron chi connectivity index (χ2n) is 9.43. The molecule has 0 saturated carbocycles. The van der Waals surface area contributed by atoms with Crippen LogP contribution in [0.2, 0.25) is 0 Å². The molecule has 0 aliphatic rings. The summed E-state index contributed by atoms with van der Waals surface area (Å²) in [6.45, 7) is 4.73. The number of rotatable bonds is 23. The van der Waals surface area contributed by atoms with Crippen LogP contribution in [0.15, 0.2) is 0 Å². The van der Waals surface area contributed by atoms with Gasteiger partial charge >= 0.3 is 13.9 Å². The average molecular weight is 525 g/mol. The smallest absolute Gasteiger partial charge is 0.449 e. The molecular formula is C26H57N2O6P. The number of phosphoric ester groups is 1. The van der Waals surface area contributed by atoms with Gasteiger partial charge in [0.25, 0.3) is 0 Å². The highest BCUT2D eigenvalue weighted by Crippen LogP contribution is 2.42. The maximum Gasteiger partial charge on any atom is 0.472 e. The Morgan fingerprint density at radius 3 is 1.57 bits per heavy atom. The lowest BCUT2D eigenvalue weighted by atomic mass is 10.0. The maximum atomic E-state index is 11.6. The molecule has 9 heteroatoms. The van der Waals surface area contributed by atoms with E-state index >= 15 is 0 Å². The molecule has 0 aromatic rings. The fourth-order valence-corrected chi connectivity index (χ4v) is 4.10. The van der Waals surface area contributed by atoms with E-state index in [2.05, 4.69) is 16.8 Å². The molecule has 0 radical (unpaired) electrons. The summed E-state index contributed by atoms with van der Waals surface area (Å²) in [5.41, 5.74) is 0. The zero-order chi connectivity index (χ0) is 26.6. The Kier molecular flexibility index (Phi) is 29.1. The van der Waals surface area contributed by atoms with Crippen LogP contribution < -0.4 is 5.32 Å². The van der Waals surface area contributed by atoms with Gasteiger partial charge in [0, 0.05) is 13.0 Å². The Bertz CT molecular complexity index is 492. The minimum absolute atomic E-state index is 0.000104. The second-order valence-corrected chi connectivity index (χ2v) is 10.9. The topological polar surface area (TPSA) is 97.3 Å². The fraction of sp³-hybridized carbons (Fsp3) is 0.962. The Hall–Kier alpha value is -0.660. The molecule has 212 valence electrons. The van der Waals surface area contributed by atoms with E-state index in [1.54, 1.807) is 6.92 Å². The van der Waals surface area contributed by atoms with E-state index in [4.69, 9.17) is 9.26 Å². The molecule has 8 nitrogen and oxygen atoms in total. The van der Waals surface area contributed by atoms with Crippen LogP contribution in [0.1, 0.15) is 117 Å². The largest absolute Gasteiger partial charge is 0.472 e. The molecule has 0 aliphatic carbocycles. The van der Waals surface area contributed by atoms with Crippen LogP contribution >= 0.6 is 7.82 Å². The van der Waals surface area contributed by atoms with Crippen LogP contribution in [0.25, 0.3) is 0 Å². The standard InChI is InChI=1S/C23H48NO6P.C3H9N/c1-3-5-6-7-8-9-10-11-12-13-14-15-16-17-18-20-24-23(25)28-21-19-22-30-31(26,27)29-4-2;1-4(2)3/h3-22H2,1-2H3,(H,24,25)(H,26,27);1-3H3. The lowest BCUT2D eigenvalue weighted by Gasteiger charge is -2.11. The predicted octanol–water partition coefficient (Wildman–Crippen LogP) is 7.31. The van der Waals surface area contributed by atoms with Crippen molar-refractivity contribution in [2.45, 2.75) is 117 Å². The van der Waals surface area contributed by atoms with Crippen molar-refractivity contribution in [1.82, 2.24) is 10.2 Å². The number of ether oxygens (including phenoxy) is 1. The van der Waals surface area contributed by atoms with Gasteiger partial charge in [0.05, 0.1) is 19.8 Å². The van der Waals surface area contributed by atoms with E-state index in [1.165, 1.54) is 83.5 Å². The molecule has 1 atom stereocenters. The van der Waals surface area contributed by atoms with Gasteiger partial charge in [0.2, 0.25) is 0 Å². The monoisotopic (exact) mass is 524 g/mol. The summed E-state index contributed by atoms with van der Waals surface area (Å²) in [6, 6.07) is 0. The molecule has 35 heavy (non-hydrogen) atoms. The summed E-state index contributed by atoms with van der Waals surface area (Å²) in [5, 5.41) is 2.73. The van der Waals surface area contributed by atoms with Crippen molar-refractivity contribution in [2.75, 3.05) is 47.5 Å². The third kappa shape index (κ3) is 35.6. The first-order valence-electron chi connectivity index (χ1n) is 13.9. The summed E-state index contributed by atoms with van der Waals surface area (Å²) in [6.07, 6.45) is 19.6. The summed E-state index contributed by atoms with van der Waals surface area (Å²) in [7, 11) is 2.04. The molecular weight excluding hydrogens is 467 g/mol. The van der Waals surface area contributed by atoms with Crippen LogP contribution in [0.4, 0.5) is 4.79 Å². The Morgan fingerprint density at radius 1 is 0.714 bits per heavy atom. The quantitative estimate of drug-likeness (QED) is 0.107. The Labute approximate surface area is 216 Å². The van der Waals surface area contributed by atoms with Gasteiger partial charge < -0.3 is 19.8 Å². The average Bonchev–Trinajstić information content (AvgIpc) is 2.78. The van der Waals surface area contributed by atoms with Crippen molar-refractivity contribution in [2.24, 2.45) is 0 Å². The molecule has 0 spiro atoms. The molecule has 0 aromatic carbocycles. The van der Waals surface area contributed by atoms with Crippen LogP contribution in [0.3, 0.4) is 0 Å². The Morgan fingerprint density at radius 2 is 1.14 bits per heavy atom. The first-order chi connectivity index (χ1) is 16.7. The predicted molar refractivity (Wildman–Crippen MR) is 146 cm³/mol. The normalized spacial score (nSPS) is 12.7. The van der Waals surface area contributed by atoms with E-state index in [9.17, 15) is 14.3 Å². The molecule has 2 N–H and O–H groups in total. The third-order valence-corrected chi connectivity index (χ3v) is 6.21. The van der Waals surface area contributed by atoms with Crippen molar-refractivity contribution >= 4 is 13.9 Å². The van der Waals surface area contributed by atoms with Crippen molar-refractivity contribution in [1.29, 1.82) is 0 Å². The minimum atomic E-state index is -3.96. The van der Waals surface area contributed by atoms with Gasteiger partial charge in [-0.15, -0.1) is 0 Å². The van der Waals surface area contributed by atoms with Gasteiger partial charge in [0.1, 0.15) is 0 Å². The molecule has 1 unspecified atom stereocenters. The number of carbonyl (C=O) groups excluding carboxylic acids is 1. The first-order valence-corrected chi connectivity index (χ1v) is 15.4. The number of alkyl carbamates (subject to hydrolysis) is 1. The van der Waals surface area contributed by atoms with Gasteiger partial charge in [-0.3, -0.25) is 9.05 Å². The number of phosphoric acid groups is 1. The van der Waals surface area contributed by atoms with Gasteiger partial charge in [-0.2, -0.15) is 0 Å². The number of hydrogen-bond donors (Lipinski definition) is 2. The number of nitrogens with one attached hydrogen (secondary N) is 1. The van der Waals surface area contributed by atoms with E-state index in [0.29, 0.717) is 13.0 Å². The maximum absolute atomic E-state index is 11.6. The highest BCUT2D eigenvalue weighted by molar-refractivity contribution is 7.47. The SMILES string of the molecule is CCCCCCCCCCCCCCCCCNC(=O)OCCCOP(=O)(O)OCC.CN(C)C. The van der Waals surface area contributed by atoms with E-state index in [0.717, 1.165) is 12.8 Å². The lowest BCUT2D eigenvalue weighted by Crippen LogP contribution is -2.25. The third-order valence-electron chi connectivity index (χ3n) is 5.12. The number of amides is 1. The van der Waals surface area contributed by atoms with Crippen molar-refractivity contribution < 1.29 is 28.0 Å². The molecule has 1 amide bonds. The minimum Gasteiger partial charge on any atom is -0.449 e. The number of carbonyl (C=O) groups is 1. The summed E-state index contributed by atoms with van der Waals surface area (Å²) < 4.78 is 25.6. The molecule has 0 aliphatic heterocycles. The molecule has 0 fully saturated rings. The molecule has 0 rings (SSSR count). The summed E-state index contributed by atoms with van der Waals surface area (Å²) >= 11 is 0. The van der Waals surface area contributed by atoms with Crippen molar-refractivity contribution in [3.63, 3.8) is 0 Å². The summed E-state index contributed by atoms with van der Waals surface area (Å²) in [4.78, 5) is 22.8. The highest BCUT2D eigenvalue weighted by Gasteiger charge is 2.19. The summed E-state index contributed by atoms with van der Waals surface area (Å²) in [5.74, 6) is 0. The van der Waals surface area contributed by atoms with Crippen LogP contribution in [0, 0.1) is 0 Å².